The second-order valence-corrected chi connectivity index (χ2v) is 10.5. The maximum absolute atomic E-state index is 12.0. The molecule has 4 heterocycles. The summed E-state index contributed by atoms with van der Waals surface area (Å²) in [5.41, 5.74) is 4.55. The smallest absolute Gasteiger partial charge is 0.211 e. The lowest BCUT2D eigenvalue weighted by Gasteiger charge is -2.42. The van der Waals surface area contributed by atoms with E-state index in [0.29, 0.717) is 25.4 Å². The molecule has 1 aromatic heterocycles. The predicted molar refractivity (Wildman–Crippen MR) is 112 cm³/mol. The van der Waals surface area contributed by atoms with Gasteiger partial charge in [-0.3, -0.25) is 0 Å². The van der Waals surface area contributed by atoms with Crippen LogP contribution in [-0.4, -0.2) is 80.0 Å². The van der Waals surface area contributed by atoms with Crippen molar-refractivity contribution in [3.8, 4) is 0 Å². The van der Waals surface area contributed by atoms with Gasteiger partial charge in [0.2, 0.25) is 10.0 Å². The first-order valence-electron chi connectivity index (χ1n) is 10.4. The normalized spacial score (nSPS) is 22.2. The lowest BCUT2D eigenvalue weighted by molar-refractivity contribution is 0.247. The molecule has 3 aliphatic rings. The number of likely N-dealkylation sites (tertiary alicyclic amines) is 1. The number of sulfonamides is 1. The average molecular weight is 418 g/mol. The second kappa shape index (κ2) is 7.37. The van der Waals surface area contributed by atoms with Crippen molar-refractivity contribution in [1.29, 1.82) is 0 Å². The van der Waals surface area contributed by atoms with Gasteiger partial charge in [0.15, 0.2) is 5.52 Å². The van der Waals surface area contributed by atoms with Crippen LogP contribution in [0.5, 0.6) is 0 Å². The van der Waals surface area contributed by atoms with Gasteiger partial charge in [0.25, 0.3) is 0 Å². The fraction of sp³-hybridized carbons (Fsp3) is 0.600. The number of anilines is 1. The maximum Gasteiger partial charge on any atom is 0.211 e. The fourth-order valence-electron chi connectivity index (χ4n) is 4.72. The Labute approximate surface area is 171 Å². The van der Waals surface area contributed by atoms with E-state index in [2.05, 4.69) is 32.3 Å². The van der Waals surface area contributed by atoms with E-state index in [1.165, 1.54) is 43.0 Å². The van der Waals surface area contributed by atoms with Crippen LogP contribution in [0, 0.1) is 5.92 Å². The number of aromatic nitrogens is 2. The van der Waals surface area contributed by atoms with Gasteiger partial charge in [0.1, 0.15) is 5.52 Å². The molecule has 0 aliphatic carbocycles. The van der Waals surface area contributed by atoms with Crippen LogP contribution in [0.4, 0.5) is 5.69 Å². The van der Waals surface area contributed by atoms with Crippen molar-refractivity contribution in [1.82, 2.24) is 19.5 Å². The van der Waals surface area contributed by atoms with E-state index in [9.17, 15) is 8.42 Å². The van der Waals surface area contributed by atoms with E-state index in [0.717, 1.165) is 40.9 Å². The van der Waals surface area contributed by atoms with E-state index >= 15 is 0 Å². The molecule has 0 atom stereocenters. The zero-order valence-corrected chi connectivity index (χ0v) is 17.6. The van der Waals surface area contributed by atoms with Crippen molar-refractivity contribution in [2.45, 2.75) is 19.3 Å². The summed E-state index contributed by atoms with van der Waals surface area (Å²) in [6.45, 7) is 6.58. The van der Waals surface area contributed by atoms with Crippen LogP contribution in [0.3, 0.4) is 0 Å². The largest absolute Gasteiger partial charge is 0.369 e. The molecule has 0 bridgehead atoms. The third-order valence-electron chi connectivity index (χ3n) is 6.31. The van der Waals surface area contributed by atoms with Gasteiger partial charge in [-0.2, -0.15) is 4.31 Å². The first-order chi connectivity index (χ1) is 14.0. The Bertz CT molecular complexity index is 1040. The highest BCUT2D eigenvalue weighted by atomic mass is 32.2. The number of hydrogen-bond acceptors (Lipinski definition) is 7. The molecule has 2 saturated heterocycles. The summed E-state index contributed by atoms with van der Waals surface area (Å²) in [4.78, 5) is 4.91. The highest BCUT2D eigenvalue weighted by Crippen LogP contribution is 2.35. The number of benzene rings is 1. The van der Waals surface area contributed by atoms with Gasteiger partial charge in [-0.1, -0.05) is 6.08 Å². The molecule has 5 rings (SSSR count). The first-order valence-corrected chi connectivity index (χ1v) is 12.2. The molecule has 8 nitrogen and oxygen atoms in total. The Kier molecular flexibility index (Phi) is 4.84. The van der Waals surface area contributed by atoms with Gasteiger partial charge in [0, 0.05) is 38.6 Å². The molecule has 0 spiro atoms. The third-order valence-corrected chi connectivity index (χ3v) is 7.56. The molecule has 156 valence electrons. The van der Waals surface area contributed by atoms with E-state index in [4.69, 9.17) is 4.63 Å². The summed E-state index contributed by atoms with van der Waals surface area (Å²) in [7, 11) is -3.21. The molecule has 3 aliphatic heterocycles. The van der Waals surface area contributed by atoms with Crippen LogP contribution in [-0.2, 0) is 10.0 Å². The summed E-state index contributed by atoms with van der Waals surface area (Å²) < 4.78 is 30.5. The highest BCUT2D eigenvalue weighted by Gasteiger charge is 2.32. The van der Waals surface area contributed by atoms with Crippen LogP contribution in [0.25, 0.3) is 16.6 Å². The summed E-state index contributed by atoms with van der Waals surface area (Å²) >= 11 is 0. The summed E-state index contributed by atoms with van der Waals surface area (Å²) in [6, 6.07) is 4.07. The number of nitrogens with zero attached hydrogens (tertiary/aromatic N) is 5. The van der Waals surface area contributed by atoms with Crippen molar-refractivity contribution in [2.24, 2.45) is 5.92 Å². The minimum absolute atomic E-state index is 0.395. The monoisotopic (exact) mass is 417 g/mol. The highest BCUT2D eigenvalue weighted by molar-refractivity contribution is 7.88. The van der Waals surface area contributed by atoms with E-state index < -0.39 is 10.0 Å². The molecule has 0 radical (unpaired) electrons. The lowest BCUT2D eigenvalue weighted by atomic mass is 9.95. The Hall–Kier alpha value is -1.97. The van der Waals surface area contributed by atoms with Gasteiger partial charge in [-0.25, -0.2) is 13.0 Å². The fourth-order valence-corrected chi connectivity index (χ4v) is 5.53. The van der Waals surface area contributed by atoms with Crippen molar-refractivity contribution < 1.29 is 13.0 Å². The molecule has 0 N–H and O–H groups in total. The molecule has 29 heavy (non-hydrogen) atoms. The topological polar surface area (TPSA) is 82.8 Å². The lowest BCUT2D eigenvalue weighted by Crippen LogP contribution is -2.51. The number of rotatable bonds is 5. The molecule has 0 unspecified atom stereocenters. The SMILES string of the molecule is CS(=O)(=O)N1CCC=C(c2cc(N3CC(CN4CCCC4)C3)c3nonc3c2)C1. The minimum Gasteiger partial charge on any atom is -0.369 e. The van der Waals surface area contributed by atoms with Crippen molar-refractivity contribution in [3.05, 3.63) is 23.8 Å². The molecule has 0 saturated carbocycles. The number of fused-ring (bicyclic) bond motifs is 1. The van der Waals surface area contributed by atoms with Crippen LogP contribution in [0.1, 0.15) is 24.8 Å². The minimum atomic E-state index is -3.21. The molecular formula is C20H27N5O3S. The Morgan fingerprint density at radius 2 is 1.93 bits per heavy atom. The molecular weight excluding hydrogens is 390 g/mol. The summed E-state index contributed by atoms with van der Waals surface area (Å²) in [6.07, 6.45) is 6.76. The zero-order chi connectivity index (χ0) is 20.0. The van der Waals surface area contributed by atoms with Gasteiger partial charge in [-0.15, -0.1) is 0 Å². The standard InChI is InChI=1S/C20H27N5O3S/c1-29(26,27)25-8-4-5-16(14-25)17-9-18-20(22-28-21-18)19(10-17)24-12-15(13-24)11-23-6-2-3-7-23/h5,9-10,15H,2-4,6-8,11-14H2,1H3. The third kappa shape index (κ3) is 3.78. The Morgan fingerprint density at radius 3 is 2.69 bits per heavy atom. The van der Waals surface area contributed by atoms with Gasteiger partial charge in [-0.05, 0) is 65.9 Å². The first kappa shape index (κ1) is 19.0. The summed E-state index contributed by atoms with van der Waals surface area (Å²) in [5.74, 6) is 0.682. The molecule has 2 aromatic rings. The van der Waals surface area contributed by atoms with Crippen molar-refractivity contribution in [3.63, 3.8) is 0 Å². The van der Waals surface area contributed by atoms with E-state index in [1.807, 2.05) is 6.07 Å². The predicted octanol–water partition coefficient (Wildman–Crippen LogP) is 1.80. The van der Waals surface area contributed by atoms with Gasteiger partial charge >= 0.3 is 0 Å². The van der Waals surface area contributed by atoms with Crippen LogP contribution in [0.15, 0.2) is 22.8 Å². The van der Waals surface area contributed by atoms with Crippen molar-refractivity contribution in [2.75, 3.05) is 57.0 Å². The quantitative estimate of drug-likeness (QED) is 0.734. The van der Waals surface area contributed by atoms with Crippen LogP contribution >= 0.6 is 0 Å². The van der Waals surface area contributed by atoms with E-state index in [1.54, 1.807) is 0 Å². The summed E-state index contributed by atoms with van der Waals surface area (Å²) in [5, 5.41) is 8.19. The Balaban J connectivity index is 1.37. The number of hydrogen-bond donors (Lipinski definition) is 0. The zero-order valence-electron chi connectivity index (χ0n) is 16.7. The molecule has 2 fully saturated rings. The van der Waals surface area contributed by atoms with Crippen LogP contribution < -0.4 is 4.90 Å². The Morgan fingerprint density at radius 1 is 1.14 bits per heavy atom. The van der Waals surface area contributed by atoms with E-state index in [-0.39, 0.29) is 0 Å². The molecule has 0 amide bonds. The molecule has 9 heteroatoms. The maximum atomic E-state index is 12.0. The second-order valence-electron chi connectivity index (χ2n) is 8.52. The molecule has 1 aromatic carbocycles. The van der Waals surface area contributed by atoms with Crippen molar-refractivity contribution >= 4 is 32.3 Å². The average Bonchev–Trinajstić information content (AvgIpc) is 3.34. The van der Waals surface area contributed by atoms with Gasteiger partial charge < -0.3 is 9.80 Å². The van der Waals surface area contributed by atoms with Gasteiger partial charge in [0.05, 0.1) is 11.9 Å². The van der Waals surface area contributed by atoms with Crippen LogP contribution in [0.2, 0.25) is 0 Å².